The summed E-state index contributed by atoms with van der Waals surface area (Å²) in [4.78, 5) is 7.01. The Balaban J connectivity index is 1.18. The molecular weight excluding hydrogens is 328 g/mol. The van der Waals surface area contributed by atoms with E-state index in [2.05, 4.69) is 20.5 Å². The second-order valence-corrected chi connectivity index (χ2v) is 8.08. The molecule has 3 rings (SSSR count). The van der Waals surface area contributed by atoms with Gasteiger partial charge in [-0.05, 0) is 56.8 Å². The van der Waals surface area contributed by atoms with Gasteiger partial charge in [0.1, 0.15) is 0 Å². The molecule has 0 aromatic rings. The first-order chi connectivity index (χ1) is 12.8. The summed E-state index contributed by atoms with van der Waals surface area (Å²) in [6, 6.07) is 0.861. The van der Waals surface area contributed by atoms with Crippen LogP contribution in [0.3, 0.4) is 0 Å². The number of guanidine groups is 1. The fourth-order valence-electron chi connectivity index (χ4n) is 3.58. The van der Waals surface area contributed by atoms with Gasteiger partial charge in [-0.25, -0.2) is 0 Å². The van der Waals surface area contributed by atoms with Gasteiger partial charge in [0.15, 0.2) is 5.96 Å². The van der Waals surface area contributed by atoms with E-state index >= 15 is 0 Å². The SMILES string of the molecule is CN=C(NCCCOCC1CCOCC1)NCCN(CC1CC1)C1CC1. The molecule has 150 valence electrons. The minimum absolute atomic E-state index is 0.691. The van der Waals surface area contributed by atoms with Crippen LogP contribution in [0.25, 0.3) is 0 Å². The molecular formula is C20H38N4O2. The zero-order chi connectivity index (χ0) is 18.0. The maximum absolute atomic E-state index is 5.81. The smallest absolute Gasteiger partial charge is 0.191 e. The van der Waals surface area contributed by atoms with Gasteiger partial charge < -0.3 is 20.1 Å². The highest BCUT2D eigenvalue weighted by atomic mass is 16.5. The molecule has 3 aliphatic rings. The number of ether oxygens (including phenoxy) is 2. The van der Waals surface area contributed by atoms with Crippen LogP contribution in [0.4, 0.5) is 0 Å². The van der Waals surface area contributed by atoms with Crippen LogP contribution in [0.1, 0.15) is 44.9 Å². The molecule has 0 aromatic carbocycles. The van der Waals surface area contributed by atoms with Gasteiger partial charge in [0.2, 0.25) is 0 Å². The van der Waals surface area contributed by atoms with Crippen LogP contribution < -0.4 is 10.6 Å². The Labute approximate surface area is 159 Å². The third kappa shape index (κ3) is 7.80. The van der Waals surface area contributed by atoms with Crippen molar-refractivity contribution in [3.05, 3.63) is 0 Å². The lowest BCUT2D eigenvalue weighted by atomic mass is 10.0. The van der Waals surface area contributed by atoms with E-state index in [0.29, 0.717) is 5.92 Å². The van der Waals surface area contributed by atoms with Crippen LogP contribution in [-0.2, 0) is 9.47 Å². The highest BCUT2D eigenvalue weighted by Gasteiger charge is 2.33. The van der Waals surface area contributed by atoms with Crippen molar-refractivity contribution >= 4 is 5.96 Å². The van der Waals surface area contributed by atoms with Crippen molar-refractivity contribution in [2.75, 3.05) is 59.7 Å². The van der Waals surface area contributed by atoms with Gasteiger partial charge in [-0.15, -0.1) is 0 Å². The number of nitrogens with one attached hydrogen (secondary N) is 2. The molecule has 3 fully saturated rings. The highest BCUT2D eigenvalue weighted by molar-refractivity contribution is 5.79. The zero-order valence-electron chi connectivity index (χ0n) is 16.5. The molecule has 1 saturated heterocycles. The van der Waals surface area contributed by atoms with Crippen molar-refractivity contribution < 1.29 is 9.47 Å². The van der Waals surface area contributed by atoms with Crippen LogP contribution in [-0.4, -0.2) is 76.6 Å². The van der Waals surface area contributed by atoms with E-state index < -0.39 is 0 Å². The summed E-state index contributed by atoms with van der Waals surface area (Å²) in [6.45, 7) is 7.82. The third-order valence-electron chi connectivity index (χ3n) is 5.62. The molecule has 0 bridgehead atoms. The van der Waals surface area contributed by atoms with E-state index in [9.17, 15) is 0 Å². The average Bonchev–Trinajstić information content (AvgIpc) is 3.56. The van der Waals surface area contributed by atoms with E-state index in [4.69, 9.17) is 9.47 Å². The maximum atomic E-state index is 5.81. The van der Waals surface area contributed by atoms with Gasteiger partial charge in [-0.3, -0.25) is 9.89 Å². The van der Waals surface area contributed by atoms with E-state index in [-0.39, 0.29) is 0 Å². The second-order valence-electron chi connectivity index (χ2n) is 8.08. The van der Waals surface area contributed by atoms with E-state index in [1.54, 1.807) is 0 Å². The number of rotatable bonds is 12. The molecule has 0 amide bonds. The van der Waals surface area contributed by atoms with Crippen LogP contribution in [0.15, 0.2) is 4.99 Å². The normalized spacial score (nSPS) is 22.0. The lowest BCUT2D eigenvalue weighted by Gasteiger charge is -2.22. The zero-order valence-corrected chi connectivity index (χ0v) is 16.5. The standard InChI is InChI=1S/C20H38N4O2/c1-21-20(22-9-2-12-26-16-18-7-13-25-14-8-18)23-10-11-24(19-5-6-19)15-17-3-4-17/h17-19H,2-16H2,1H3,(H2,21,22,23). The summed E-state index contributed by atoms with van der Waals surface area (Å²) in [5.41, 5.74) is 0. The van der Waals surface area contributed by atoms with Gasteiger partial charge in [0, 0.05) is 65.7 Å². The highest BCUT2D eigenvalue weighted by Crippen LogP contribution is 2.34. The molecule has 0 radical (unpaired) electrons. The van der Waals surface area contributed by atoms with E-state index in [1.165, 1.54) is 32.2 Å². The fraction of sp³-hybridized carbons (Fsp3) is 0.950. The van der Waals surface area contributed by atoms with E-state index in [1.807, 2.05) is 7.05 Å². The lowest BCUT2D eigenvalue weighted by molar-refractivity contribution is 0.0203. The predicted octanol–water partition coefficient (Wildman–Crippen LogP) is 1.86. The predicted molar refractivity (Wildman–Crippen MR) is 106 cm³/mol. The third-order valence-corrected chi connectivity index (χ3v) is 5.62. The Morgan fingerprint density at radius 1 is 1.04 bits per heavy atom. The van der Waals surface area contributed by atoms with Gasteiger partial charge in [0.25, 0.3) is 0 Å². The van der Waals surface area contributed by atoms with Crippen molar-refractivity contribution in [3.8, 4) is 0 Å². The van der Waals surface area contributed by atoms with Crippen molar-refractivity contribution in [2.45, 2.75) is 51.0 Å². The Bertz CT molecular complexity index is 418. The molecule has 1 aliphatic heterocycles. The summed E-state index contributed by atoms with van der Waals surface area (Å²) in [6.07, 6.45) is 8.98. The summed E-state index contributed by atoms with van der Waals surface area (Å²) < 4.78 is 11.2. The summed E-state index contributed by atoms with van der Waals surface area (Å²) in [5.74, 6) is 2.59. The van der Waals surface area contributed by atoms with Crippen molar-refractivity contribution in [2.24, 2.45) is 16.8 Å². The first-order valence-corrected chi connectivity index (χ1v) is 10.7. The van der Waals surface area contributed by atoms with Gasteiger partial charge in [-0.1, -0.05) is 0 Å². The lowest BCUT2D eigenvalue weighted by Crippen LogP contribution is -2.43. The van der Waals surface area contributed by atoms with E-state index in [0.717, 1.165) is 83.2 Å². The Morgan fingerprint density at radius 3 is 2.50 bits per heavy atom. The second kappa shape index (κ2) is 11.1. The first kappa shape index (κ1) is 19.9. The minimum Gasteiger partial charge on any atom is -0.381 e. The average molecular weight is 367 g/mol. The van der Waals surface area contributed by atoms with Crippen LogP contribution in [0, 0.1) is 11.8 Å². The number of aliphatic imine (C=N–C) groups is 1. The summed E-state index contributed by atoms with van der Waals surface area (Å²) in [7, 11) is 1.85. The van der Waals surface area contributed by atoms with Crippen molar-refractivity contribution in [3.63, 3.8) is 0 Å². The van der Waals surface area contributed by atoms with Gasteiger partial charge in [-0.2, -0.15) is 0 Å². The maximum Gasteiger partial charge on any atom is 0.191 e. The first-order valence-electron chi connectivity index (χ1n) is 10.7. The topological polar surface area (TPSA) is 58.1 Å². The van der Waals surface area contributed by atoms with Crippen LogP contribution >= 0.6 is 0 Å². The number of hydrogen-bond acceptors (Lipinski definition) is 4. The molecule has 0 spiro atoms. The van der Waals surface area contributed by atoms with Gasteiger partial charge in [0.05, 0.1) is 0 Å². The molecule has 0 unspecified atom stereocenters. The molecule has 6 heteroatoms. The summed E-state index contributed by atoms with van der Waals surface area (Å²) in [5, 5.41) is 6.86. The fourth-order valence-corrected chi connectivity index (χ4v) is 3.58. The number of nitrogens with zero attached hydrogens (tertiary/aromatic N) is 2. The molecule has 0 atom stereocenters. The Hall–Kier alpha value is -0.850. The molecule has 26 heavy (non-hydrogen) atoms. The Morgan fingerprint density at radius 2 is 1.81 bits per heavy atom. The Kier molecular flexibility index (Phi) is 8.49. The van der Waals surface area contributed by atoms with Crippen LogP contribution in [0.5, 0.6) is 0 Å². The molecule has 1 heterocycles. The molecule has 0 aromatic heterocycles. The van der Waals surface area contributed by atoms with Crippen molar-refractivity contribution in [1.82, 2.24) is 15.5 Å². The van der Waals surface area contributed by atoms with Gasteiger partial charge >= 0.3 is 0 Å². The van der Waals surface area contributed by atoms with Crippen molar-refractivity contribution in [1.29, 1.82) is 0 Å². The minimum atomic E-state index is 0.691. The quantitative estimate of drug-likeness (QED) is 0.314. The summed E-state index contributed by atoms with van der Waals surface area (Å²) >= 11 is 0. The molecule has 6 nitrogen and oxygen atoms in total. The van der Waals surface area contributed by atoms with Crippen LogP contribution in [0.2, 0.25) is 0 Å². The monoisotopic (exact) mass is 366 g/mol. The molecule has 2 aliphatic carbocycles. The molecule has 2 N–H and O–H groups in total. The number of hydrogen-bond donors (Lipinski definition) is 2. The molecule has 2 saturated carbocycles. The largest absolute Gasteiger partial charge is 0.381 e.